The van der Waals surface area contributed by atoms with Crippen LogP contribution >= 0.6 is 0 Å². The average Bonchev–Trinajstić information content (AvgIpc) is 2.91. The molecule has 1 atom stereocenters. The van der Waals surface area contributed by atoms with E-state index in [2.05, 4.69) is 20.8 Å². The quantitative estimate of drug-likeness (QED) is 0.186. The van der Waals surface area contributed by atoms with Crippen LogP contribution in [0.15, 0.2) is 66.7 Å². The van der Waals surface area contributed by atoms with Crippen LogP contribution in [0, 0.1) is 11.7 Å². The average molecular weight is 491 g/mol. The molecule has 1 unspecified atom stereocenters. The van der Waals surface area contributed by atoms with Gasteiger partial charge in [-0.1, -0.05) is 102 Å². The second-order valence-electron chi connectivity index (χ2n) is 9.84. The van der Waals surface area contributed by atoms with Gasteiger partial charge in [-0.05, 0) is 54.5 Å². The van der Waals surface area contributed by atoms with Crippen molar-refractivity contribution >= 4 is 0 Å². The first-order chi connectivity index (χ1) is 17.6. The first-order valence-electron chi connectivity index (χ1n) is 13.9. The molecule has 0 N–H and O–H groups in total. The van der Waals surface area contributed by atoms with Crippen LogP contribution in [-0.2, 0) is 0 Å². The van der Waals surface area contributed by atoms with E-state index in [1.807, 2.05) is 60.7 Å². The maximum absolute atomic E-state index is 15.1. The van der Waals surface area contributed by atoms with Gasteiger partial charge in [0.2, 0.25) is 0 Å². The lowest BCUT2D eigenvalue weighted by Gasteiger charge is -2.16. The lowest BCUT2D eigenvalue weighted by atomic mass is 9.99. The molecule has 3 aromatic rings. The van der Waals surface area contributed by atoms with E-state index in [0.29, 0.717) is 24.7 Å². The van der Waals surface area contributed by atoms with E-state index in [-0.39, 0.29) is 5.82 Å². The normalized spacial score (nSPS) is 11.9. The predicted molar refractivity (Wildman–Crippen MR) is 150 cm³/mol. The van der Waals surface area contributed by atoms with Crippen molar-refractivity contribution in [3.63, 3.8) is 0 Å². The summed E-state index contributed by atoms with van der Waals surface area (Å²) >= 11 is 0. The largest absolute Gasteiger partial charge is 0.493 e. The molecule has 2 nitrogen and oxygen atoms in total. The Hall–Kier alpha value is -2.81. The van der Waals surface area contributed by atoms with E-state index >= 15 is 4.39 Å². The SMILES string of the molecule is CCCCCCCCOc1ccc(-c2ccc(-c3ccccc3)c(F)c2)c(OCCCC(C)CC)c1. The zero-order chi connectivity index (χ0) is 25.6. The maximum atomic E-state index is 15.1. The van der Waals surface area contributed by atoms with Crippen molar-refractivity contribution in [2.24, 2.45) is 5.92 Å². The van der Waals surface area contributed by atoms with Gasteiger partial charge < -0.3 is 9.47 Å². The number of hydrogen-bond donors (Lipinski definition) is 0. The minimum Gasteiger partial charge on any atom is -0.493 e. The molecule has 0 radical (unpaired) electrons. The van der Waals surface area contributed by atoms with Crippen molar-refractivity contribution in [3.05, 3.63) is 72.5 Å². The summed E-state index contributed by atoms with van der Waals surface area (Å²) in [6.07, 6.45) is 10.7. The molecule has 3 rings (SSSR count). The molecule has 0 bridgehead atoms. The predicted octanol–water partition coefficient (Wildman–Crippen LogP) is 10.1. The molecular weight excluding hydrogens is 447 g/mol. The molecule has 3 heteroatoms. The highest BCUT2D eigenvalue weighted by Gasteiger charge is 2.13. The van der Waals surface area contributed by atoms with Crippen molar-refractivity contribution in [1.29, 1.82) is 0 Å². The summed E-state index contributed by atoms with van der Waals surface area (Å²) in [5, 5.41) is 0. The molecule has 0 aliphatic carbocycles. The van der Waals surface area contributed by atoms with Crippen molar-refractivity contribution in [3.8, 4) is 33.8 Å². The maximum Gasteiger partial charge on any atom is 0.131 e. The first-order valence-corrected chi connectivity index (χ1v) is 13.9. The van der Waals surface area contributed by atoms with Crippen molar-refractivity contribution in [2.45, 2.75) is 78.6 Å². The number of benzene rings is 3. The van der Waals surface area contributed by atoms with E-state index in [4.69, 9.17) is 9.47 Å². The van der Waals surface area contributed by atoms with Gasteiger partial charge in [-0.2, -0.15) is 0 Å². The lowest BCUT2D eigenvalue weighted by molar-refractivity contribution is 0.285. The molecule has 0 aliphatic rings. The van der Waals surface area contributed by atoms with Crippen LogP contribution in [0.2, 0.25) is 0 Å². The van der Waals surface area contributed by atoms with E-state index in [0.717, 1.165) is 47.5 Å². The fourth-order valence-electron chi connectivity index (χ4n) is 4.38. The molecule has 0 aliphatic heterocycles. The summed E-state index contributed by atoms with van der Waals surface area (Å²) in [5.41, 5.74) is 3.19. The Labute approximate surface area is 217 Å². The zero-order valence-electron chi connectivity index (χ0n) is 22.4. The van der Waals surface area contributed by atoms with Crippen LogP contribution in [-0.4, -0.2) is 13.2 Å². The molecule has 0 heterocycles. The van der Waals surface area contributed by atoms with E-state index < -0.39 is 0 Å². The smallest absolute Gasteiger partial charge is 0.131 e. The molecule has 0 aromatic heterocycles. The summed E-state index contributed by atoms with van der Waals surface area (Å²) in [5.74, 6) is 2.03. The van der Waals surface area contributed by atoms with E-state index in [1.54, 1.807) is 6.07 Å². The number of rotatable bonds is 16. The molecule has 0 amide bonds. The second-order valence-corrected chi connectivity index (χ2v) is 9.84. The topological polar surface area (TPSA) is 18.5 Å². The van der Waals surface area contributed by atoms with Gasteiger partial charge in [0.15, 0.2) is 0 Å². The van der Waals surface area contributed by atoms with Crippen molar-refractivity contribution in [1.82, 2.24) is 0 Å². The van der Waals surface area contributed by atoms with Gasteiger partial charge in [-0.15, -0.1) is 0 Å². The highest BCUT2D eigenvalue weighted by molar-refractivity contribution is 5.75. The molecule has 0 spiro atoms. The van der Waals surface area contributed by atoms with Crippen LogP contribution in [0.3, 0.4) is 0 Å². The number of hydrogen-bond acceptors (Lipinski definition) is 2. The van der Waals surface area contributed by atoms with Crippen LogP contribution in [0.4, 0.5) is 4.39 Å². The van der Waals surface area contributed by atoms with Crippen LogP contribution in [0.1, 0.15) is 78.6 Å². The Morgan fingerprint density at radius 3 is 2.17 bits per heavy atom. The van der Waals surface area contributed by atoms with Gasteiger partial charge in [0.25, 0.3) is 0 Å². The Morgan fingerprint density at radius 1 is 0.694 bits per heavy atom. The van der Waals surface area contributed by atoms with Gasteiger partial charge >= 0.3 is 0 Å². The fourth-order valence-corrected chi connectivity index (χ4v) is 4.38. The van der Waals surface area contributed by atoms with Gasteiger partial charge in [0, 0.05) is 17.2 Å². The summed E-state index contributed by atoms with van der Waals surface area (Å²) in [4.78, 5) is 0. The Balaban J connectivity index is 1.72. The molecule has 3 aromatic carbocycles. The van der Waals surface area contributed by atoms with Crippen LogP contribution in [0.5, 0.6) is 11.5 Å². The van der Waals surface area contributed by atoms with E-state index in [9.17, 15) is 0 Å². The molecule has 36 heavy (non-hydrogen) atoms. The third-order valence-corrected chi connectivity index (χ3v) is 6.88. The fraction of sp³-hybridized carbons (Fsp3) is 0.455. The van der Waals surface area contributed by atoms with Crippen LogP contribution in [0.25, 0.3) is 22.3 Å². The van der Waals surface area contributed by atoms with E-state index in [1.165, 1.54) is 38.5 Å². The number of halogens is 1. The van der Waals surface area contributed by atoms with Crippen LogP contribution < -0.4 is 9.47 Å². The summed E-state index contributed by atoms with van der Waals surface area (Å²) in [6.45, 7) is 8.09. The Bertz CT molecular complexity index is 1030. The van der Waals surface area contributed by atoms with Crippen molar-refractivity contribution < 1.29 is 13.9 Å². The molecule has 0 saturated carbocycles. The molecular formula is C33H43FO2. The second kappa shape index (κ2) is 15.3. The highest BCUT2D eigenvalue weighted by atomic mass is 19.1. The van der Waals surface area contributed by atoms with Gasteiger partial charge in [0.1, 0.15) is 17.3 Å². The highest BCUT2D eigenvalue weighted by Crippen LogP contribution is 2.36. The third kappa shape index (κ3) is 8.69. The molecule has 194 valence electrons. The molecule has 0 saturated heterocycles. The summed E-state index contributed by atoms with van der Waals surface area (Å²) in [6, 6.07) is 21.0. The standard InChI is InChI=1S/C33H43FO2/c1-4-6-7-8-9-13-22-35-29-19-21-31(33(25-29)36-23-14-15-26(3)5-2)28-18-20-30(32(34)24-28)27-16-11-10-12-17-27/h10-12,16-21,24-26H,4-9,13-15,22-23H2,1-3H3. The van der Waals surface area contributed by atoms with Gasteiger partial charge in [0.05, 0.1) is 13.2 Å². The zero-order valence-corrected chi connectivity index (χ0v) is 22.4. The monoisotopic (exact) mass is 490 g/mol. The summed E-state index contributed by atoms with van der Waals surface area (Å²) in [7, 11) is 0. The van der Waals surface area contributed by atoms with Gasteiger partial charge in [-0.25, -0.2) is 4.39 Å². The minimum atomic E-state index is -0.232. The van der Waals surface area contributed by atoms with Gasteiger partial charge in [-0.3, -0.25) is 0 Å². The summed E-state index contributed by atoms with van der Waals surface area (Å²) < 4.78 is 27.4. The third-order valence-electron chi connectivity index (χ3n) is 6.88. The molecule has 0 fully saturated rings. The van der Waals surface area contributed by atoms with Crippen molar-refractivity contribution in [2.75, 3.05) is 13.2 Å². The minimum absolute atomic E-state index is 0.232. The number of ether oxygens (including phenoxy) is 2. The lowest BCUT2D eigenvalue weighted by Crippen LogP contribution is -2.03. The Kier molecular flexibility index (Phi) is 11.8. The number of unbranched alkanes of at least 4 members (excludes halogenated alkanes) is 5. The first kappa shape index (κ1) is 27.8. The Morgan fingerprint density at radius 2 is 1.42 bits per heavy atom.